The third kappa shape index (κ3) is 3.70. The molecule has 1 aromatic rings. The van der Waals surface area contributed by atoms with Crippen LogP contribution in [0.5, 0.6) is 0 Å². The molecule has 0 saturated heterocycles. The predicted octanol–water partition coefficient (Wildman–Crippen LogP) is 1.43. The molecule has 102 valence electrons. The maximum absolute atomic E-state index is 12.1. The van der Waals surface area contributed by atoms with Gasteiger partial charge in [-0.2, -0.15) is 0 Å². The SMILES string of the molecule is CC(NC(=O)c1cc(N)ccc1Br)C(=O)NC1CC1. The highest BCUT2D eigenvalue weighted by molar-refractivity contribution is 9.10. The maximum Gasteiger partial charge on any atom is 0.253 e. The van der Waals surface area contributed by atoms with E-state index in [1.165, 1.54) is 0 Å². The van der Waals surface area contributed by atoms with E-state index in [0.29, 0.717) is 15.7 Å². The molecule has 1 atom stereocenters. The Morgan fingerprint density at radius 3 is 2.74 bits per heavy atom. The van der Waals surface area contributed by atoms with E-state index < -0.39 is 6.04 Å². The van der Waals surface area contributed by atoms with Crippen molar-refractivity contribution in [2.45, 2.75) is 31.8 Å². The molecular weight excluding hydrogens is 310 g/mol. The highest BCUT2D eigenvalue weighted by Crippen LogP contribution is 2.20. The number of nitrogens with one attached hydrogen (secondary N) is 2. The predicted molar refractivity (Wildman–Crippen MR) is 76.6 cm³/mol. The number of anilines is 1. The van der Waals surface area contributed by atoms with E-state index in [1.807, 2.05) is 0 Å². The van der Waals surface area contributed by atoms with Crippen LogP contribution in [0.4, 0.5) is 5.69 Å². The molecule has 1 saturated carbocycles. The van der Waals surface area contributed by atoms with Crippen molar-refractivity contribution in [2.75, 3.05) is 5.73 Å². The minimum absolute atomic E-state index is 0.157. The zero-order valence-corrected chi connectivity index (χ0v) is 12.2. The Labute approximate surface area is 120 Å². The van der Waals surface area contributed by atoms with Crippen LogP contribution >= 0.6 is 15.9 Å². The lowest BCUT2D eigenvalue weighted by atomic mass is 10.1. The lowest BCUT2D eigenvalue weighted by Gasteiger charge is -2.14. The quantitative estimate of drug-likeness (QED) is 0.732. The largest absolute Gasteiger partial charge is 0.399 e. The van der Waals surface area contributed by atoms with Crippen molar-refractivity contribution in [1.29, 1.82) is 0 Å². The average molecular weight is 326 g/mol. The summed E-state index contributed by atoms with van der Waals surface area (Å²) in [6.45, 7) is 1.66. The fraction of sp³-hybridized carbons (Fsp3) is 0.385. The Hall–Kier alpha value is -1.56. The number of nitrogens with two attached hydrogens (primary N) is 1. The summed E-state index contributed by atoms with van der Waals surface area (Å²) in [4.78, 5) is 23.8. The van der Waals surface area contributed by atoms with E-state index in [2.05, 4.69) is 26.6 Å². The third-order valence-corrected chi connectivity index (χ3v) is 3.59. The molecule has 1 aliphatic rings. The summed E-state index contributed by atoms with van der Waals surface area (Å²) in [5, 5.41) is 5.51. The van der Waals surface area contributed by atoms with Gasteiger partial charge in [-0.15, -0.1) is 0 Å². The van der Waals surface area contributed by atoms with Gasteiger partial charge in [0.15, 0.2) is 0 Å². The number of hydrogen-bond donors (Lipinski definition) is 3. The van der Waals surface area contributed by atoms with E-state index in [9.17, 15) is 9.59 Å². The summed E-state index contributed by atoms with van der Waals surface area (Å²) < 4.78 is 0.647. The van der Waals surface area contributed by atoms with Crippen LogP contribution in [-0.4, -0.2) is 23.9 Å². The Morgan fingerprint density at radius 2 is 2.11 bits per heavy atom. The lowest BCUT2D eigenvalue weighted by molar-refractivity contribution is -0.122. The van der Waals surface area contributed by atoms with Crippen molar-refractivity contribution in [1.82, 2.24) is 10.6 Å². The molecular formula is C13H16BrN3O2. The molecule has 0 aliphatic heterocycles. The van der Waals surface area contributed by atoms with Gasteiger partial charge in [-0.1, -0.05) is 0 Å². The van der Waals surface area contributed by atoms with Crippen LogP contribution in [-0.2, 0) is 4.79 Å². The van der Waals surface area contributed by atoms with Crippen molar-refractivity contribution in [2.24, 2.45) is 0 Å². The second-order valence-corrected chi connectivity index (χ2v) is 5.57. The minimum atomic E-state index is -0.568. The summed E-state index contributed by atoms with van der Waals surface area (Å²) in [7, 11) is 0. The van der Waals surface area contributed by atoms with Crippen LogP contribution in [0.3, 0.4) is 0 Å². The number of halogens is 1. The molecule has 5 nitrogen and oxygen atoms in total. The summed E-state index contributed by atoms with van der Waals surface area (Å²) in [5.41, 5.74) is 6.58. The van der Waals surface area contributed by atoms with Gasteiger partial charge in [-0.25, -0.2) is 0 Å². The number of carbonyl (C=O) groups excluding carboxylic acids is 2. The Morgan fingerprint density at radius 1 is 1.42 bits per heavy atom. The molecule has 0 aromatic heterocycles. The number of rotatable bonds is 4. The second-order valence-electron chi connectivity index (χ2n) is 4.72. The first-order chi connectivity index (χ1) is 8.97. The fourth-order valence-electron chi connectivity index (χ4n) is 1.61. The molecule has 1 aromatic carbocycles. The van der Waals surface area contributed by atoms with Crippen LogP contribution in [0.1, 0.15) is 30.1 Å². The van der Waals surface area contributed by atoms with Gasteiger partial charge in [0.2, 0.25) is 5.91 Å². The maximum atomic E-state index is 12.1. The van der Waals surface area contributed by atoms with Crippen LogP contribution < -0.4 is 16.4 Å². The molecule has 0 bridgehead atoms. The summed E-state index contributed by atoms with van der Waals surface area (Å²) in [5.74, 6) is -0.478. The van der Waals surface area contributed by atoms with Gasteiger partial charge in [0, 0.05) is 16.2 Å². The molecule has 0 radical (unpaired) electrons. The molecule has 1 unspecified atom stereocenters. The monoisotopic (exact) mass is 325 g/mol. The first-order valence-electron chi connectivity index (χ1n) is 6.13. The van der Waals surface area contributed by atoms with E-state index >= 15 is 0 Å². The topological polar surface area (TPSA) is 84.2 Å². The smallest absolute Gasteiger partial charge is 0.253 e. The lowest BCUT2D eigenvalue weighted by Crippen LogP contribution is -2.45. The van der Waals surface area contributed by atoms with Gasteiger partial charge >= 0.3 is 0 Å². The van der Waals surface area contributed by atoms with Gasteiger partial charge in [-0.3, -0.25) is 9.59 Å². The molecule has 6 heteroatoms. The number of nitrogen functional groups attached to an aromatic ring is 1. The Balaban J connectivity index is 1.99. The van der Waals surface area contributed by atoms with E-state index in [-0.39, 0.29) is 17.9 Å². The molecule has 1 fully saturated rings. The van der Waals surface area contributed by atoms with Crippen molar-refractivity contribution in [3.05, 3.63) is 28.2 Å². The number of carbonyl (C=O) groups is 2. The summed E-state index contributed by atoms with van der Waals surface area (Å²) in [6, 6.07) is 4.70. The van der Waals surface area contributed by atoms with E-state index in [0.717, 1.165) is 12.8 Å². The number of benzene rings is 1. The Bertz CT molecular complexity index is 515. The zero-order chi connectivity index (χ0) is 14.0. The summed E-state index contributed by atoms with van der Waals surface area (Å²) >= 11 is 3.29. The molecule has 0 spiro atoms. The Kier molecular flexibility index (Phi) is 4.09. The molecule has 0 heterocycles. The van der Waals surface area contributed by atoms with Gasteiger partial charge < -0.3 is 16.4 Å². The second kappa shape index (κ2) is 5.61. The molecule has 2 amide bonds. The molecule has 2 rings (SSSR count). The van der Waals surface area contributed by atoms with E-state index in [1.54, 1.807) is 25.1 Å². The van der Waals surface area contributed by atoms with Gasteiger partial charge in [0.05, 0.1) is 5.56 Å². The van der Waals surface area contributed by atoms with Gasteiger partial charge in [0.1, 0.15) is 6.04 Å². The van der Waals surface area contributed by atoms with Crippen molar-refractivity contribution in [3.63, 3.8) is 0 Å². The summed E-state index contributed by atoms with van der Waals surface area (Å²) in [6.07, 6.45) is 2.04. The van der Waals surface area contributed by atoms with Crippen LogP contribution in [0.25, 0.3) is 0 Å². The van der Waals surface area contributed by atoms with E-state index in [4.69, 9.17) is 5.73 Å². The molecule has 1 aliphatic carbocycles. The van der Waals surface area contributed by atoms with Crippen LogP contribution in [0.15, 0.2) is 22.7 Å². The standard InChI is InChI=1S/C13H16BrN3O2/c1-7(12(18)17-9-3-4-9)16-13(19)10-6-8(15)2-5-11(10)14/h2,5-7,9H,3-4,15H2,1H3,(H,16,19)(H,17,18). The van der Waals surface area contributed by atoms with Crippen LogP contribution in [0.2, 0.25) is 0 Å². The van der Waals surface area contributed by atoms with Crippen LogP contribution in [0, 0.1) is 0 Å². The molecule has 4 N–H and O–H groups in total. The fourth-order valence-corrected chi connectivity index (χ4v) is 2.04. The van der Waals surface area contributed by atoms with Gasteiger partial charge in [-0.05, 0) is 53.9 Å². The van der Waals surface area contributed by atoms with Crippen molar-refractivity contribution in [3.8, 4) is 0 Å². The average Bonchev–Trinajstić information content (AvgIpc) is 3.15. The highest BCUT2D eigenvalue weighted by Gasteiger charge is 2.26. The van der Waals surface area contributed by atoms with Crippen molar-refractivity contribution < 1.29 is 9.59 Å². The third-order valence-electron chi connectivity index (χ3n) is 2.90. The minimum Gasteiger partial charge on any atom is -0.399 e. The number of hydrogen-bond acceptors (Lipinski definition) is 3. The normalized spacial score (nSPS) is 15.7. The van der Waals surface area contributed by atoms with Gasteiger partial charge in [0.25, 0.3) is 5.91 Å². The number of amides is 2. The highest BCUT2D eigenvalue weighted by atomic mass is 79.9. The first-order valence-corrected chi connectivity index (χ1v) is 6.93. The first kappa shape index (κ1) is 13.9. The zero-order valence-electron chi connectivity index (χ0n) is 10.6. The van der Waals surface area contributed by atoms with Crippen molar-refractivity contribution >= 4 is 33.4 Å². The molecule has 19 heavy (non-hydrogen) atoms.